The van der Waals surface area contributed by atoms with Crippen LogP contribution in [-0.2, 0) is 18.9 Å². The zero-order valence-electron chi connectivity index (χ0n) is 12.3. The summed E-state index contributed by atoms with van der Waals surface area (Å²) in [6.45, 7) is 4.52. The third-order valence-corrected chi connectivity index (χ3v) is 5.04. The van der Waals surface area contributed by atoms with Gasteiger partial charge in [0.2, 0.25) is 0 Å². The molecule has 0 aromatic rings. The highest BCUT2D eigenvalue weighted by Gasteiger charge is 2.42. The van der Waals surface area contributed by atoms with Crippen LogP contribution in [0.5, 0.6) is 0 Å². The molecule has 0 amide bonds. The molecule has 116 valence electrons. The minimum absolute atomic E-state index is 0.0118. The Morgan fingerprint density at radius 3 is 2.25 bits per heavy atom. The average molecular weight is 285 g/mol. The molecule has 3 fully saturated rings. The Morgan fingerprint density at radius 2 is 1.60 bits per heavy atom. The second-order valence-electron chi connectivity index (χ2n) is 6.38. The molecule has 2 N–H and O–H groups in total. The second-order valence-corrected chi connectivity index (χ2v) is 6.38. The molecule has 0 aromatic heterocycles. The molecular formula is C15H27NO4. The Balaban J connectivity index is 1.61. The van der Waals surface area contributed by atoms with Gasteiger partial charge in [0.1, 0.15) is 0 Å². The van der Waals surface area contributed by atoms with Gasteiger partial charge < -0.3 is 24.7 Å². The van der Waals surface area contributed by atoms with Crippen molar-refractivity contribution in [3.05, 3.63) is 0 Å². The van der Waals surface area contributed by atoms with E-state index < -0.39 is 0 Å². The Hall–Kier alpha value is -0.200. The van der Waals surface area contributed by atoms with Crippen LogP contribution in [0.3, 0.4) is 0 Å². The molecule has 0 aliphatic carbocycles. The standard InChI is InChI=1S/C15H27NO4/c16-12-15(4-9-18-10-5-15)20-13-1-6-19-14(11-13)2-7-17-8-3-14/h13H,1-12,16H2. The summed E-state index contributed by atoms with van der Waals surface area (Å²) in [6.07, 6.45) is 6.04. The predicted molar refractivity (Wildman–Crippen MR) is 74.7 cm³/mol. The van der Waals surface area contributed by atoms with E-state index in [-0.39, 0.29) is 17.3 Å². The minimum atomic E-state index is -0.174. The van der Waals surface area contributed by atoms with Crippen molar-refractivity contribution in [2.75, 3.05) is 39.6 Å². The monoisotopic (exact) mass is 285 g/mol. The minimum Gasteiger partial charge on any atom is -0.381 e. The van der Waals surface area contributed by atoms with E-state index in [1.54, 1.807) is 0 Å². The summed E-state index contributed by atoms with van der Waals surface area (Å²) in [6, 6.07) is 0. The molecule has 3 aliphatic rings. The van der Waals surface area contributed by atoms with Crippen LogP contribution in [0.4, 0.5) is 0 Å². The normalized spacial score (nSPS) is 33.1. The number of nitrogens with two attached hydrogens (primary N) is 1. The molecule has 3 saturated heterocycles. The summed E-state index contributed by atoms with van der Waals surface area (Å²) in [5.74, 6) is 0. The van der Waals surface area contributed by atoms with E-state index >= 15 is 0 Å². The maximum atomic E-state index is 6.47. The topological polar surface area (TPSA) is 62.9 Å². The van der Waals surface area contributed by atoms with Crippen molar-refractivity contribution >= 4 is 0 Å². The maximum Gasteiger partial charge on any atom is 0.0851 e. The molecule has 0 radical (unpaired) electrons. The van der Waals surface area contributed by atoms with Gasteiger partial charge in [-0.05, 0) is 19.3 Å². The quantitative estimate of drug-likeness (QED) is 0.845. The van der Waals surface area contributed by atoms with Crippen LogP contribution < -0.4 is 5.73 Å². The van der Waals surface area contributed by atoms with E-state index in [0.717, 1.165) is 71.6 Å². The van der Waals surface area contributed by atoms with Crippen molar-refractivity contribution in [3.8, 4) is 0 Å². The maximum absolute atomic E-state index is 6.47. The molecule has 3 aliphatic heterocycles. The molecule has 3 heterocycles. The van der Waals surface area contributed by atoms with Gasteiger partial charge in [0.05, 0.1) is 17.3 Å². The van der Waals surface area contributed by atoms with E-state index in [2.05, 4.69) is 0 Å². The first-order valence-electron chi connectivity index (χ1n) is 7.93. The SMILES string of the molecule is NCC1(OC2CCOC3(CCOCC3)C2)CCOCC1. The third kappa shape index (κ3) is 3.17. The van der Waals surface area contributed by atoms with Crippen molar-refractivity contribution in [1.82, 2.24) is 0 Å². The molecule has 3 rings (SSSR count). The first-order chi connectivity index (χ1) is 9.76. The second kappa shape index (κ2) is 6.28. The Morgan fingerprint density at radius 1 is 0.950 bits per heavy atom. The molecule has 0 saturated carbocycles. The van der Waals surface area contributed by atoms with Gasteiger partial charge in [-0.3, -0.25) is 0 Å². The van der Waals surface area contributed by atoms with Gasteiger partial charge in [-0.1, -0.05) is 0 Å². The van der Waals surface area contributed by atoms with Gasteiger partial charge in [0.15, 0.2) is 0 Å². The summed E-state index contributed by atoms with van der Waals surface area (Å²) in [4.78, 5) is 0. The van der Waals surface area contributed by atoms with Gasteiger partial charge >= 0.3 is 0 Å². The summed E-state index contributed by atoms with van der Waals surface area (Å²) in [5.41, 5.74) is 5.81. The molecule has 1 atom stereocenters. The van der Waals surface area contributed by atoms with Gasteiger partial charge in [0.25, 0.3) is 0 Å². The number of hydrogen-bond donors (Lipinski definition) is 1. The number of hydrogen-bond acceptors (Lipinski definition) is 5. The number of rotatable bonds is 3. The predicted octanol–water partition coefficient (Wildman–Crippen LogP) is 1.24. The first-order valence-corrected chi connectivity index (χ1v) is 7.93. The van der Waals surface area contributed by atoms with E-state index in [0.29, 0.717) is 6.54 Å². The molecule has 0 bridgehead atoms. The van der Waals surface area contributed by atoms with E-state index in [4.69, 9.17) is 24.7 Å². The zero-order chi connectivity index (χ0) is 13.9. The zero-order valence-corrected chi connectivity index (χ0v) is 12.3. The summed E-state index contributed by atoms with van der Waals surface area (Å²) in [7, 11) is 0. The van der Waals surface area contributed by atoms with Crippen LogP contribution in [0.15, 0.2) is 0 Å². The molecular weight excluding hydrogens is 258 g/mol. The first kappa shape index (κ1) is 14.7. The Bertz CT molecular complexity index is 305. The lowest BCUT2D eigenvalue weighted by atomic mass is 9.84. The summed E-state index contributed by atoms with van der Waals surface area (Å²) >= 11 is 0. The van der Waals surface area contributed by atoms with Gasteiger partial charge in [-0.25, -0.2) is 0 Å². The smallest absolute Gasteiger partial charge is 0.0851 e. The average Bonchev–Trinajstić information content (AvgIpc) is 2.49. The fourth-order valence-corrected chi connectivity index (χ4v) is 3.64. The molecule has 0 aromatic carbocycles. The Labute approximate surface area is 121 Å². The molecule has 1 unspecified atom stereocenters. The van der Waals surface area contributed by atoms with Gasteiger partial charge in [-0.15, -0.1) is 0 Å². The number of ether oxygens (including phenoxy) is 4. The van der Waals surface area contributed by atoms with E-state index in [1.165, 1.54) is 0 Å². The summed E-state index contributed by atoms with van der Waals surface area (Å²) in [5, 5.41) is 0. The fourth-order valence-electron chi connectivity index (χ4n) is 3.64. The van der Waals surface area contributed by atoms with E-state index in [1.807, 2.05) is 0 Å². The lowest BCUT2D eigenvalue weighted by Gasteiger charge is -2.46. The molecule has 1 spiro atoms. The van der Waals surface area contributed by atoms with Crippen LogP contribution in [-0.4, -0.2) is 56.9 Å². The lowest BCUT2D eigenvalue weighted by Crippen LogP contribution is -2.52. The van der Waals surface area contributed by atoms with Crippen molar-refractivity contribution < 1.29 is 18.9 Å². The Kier molecular flexibility index (Phi) is 4.62. The highest BCUT2D eigenvalue weighted by atomic mass is 16.5. The van der Waals surface area contributed by atoms with Gasteiger partial charge in [0, 0.05) is 58.8 Å². The van der Waals surface area contributed by atoms with Crippen LogP contribution >= 0.6 is 0 Å². The van der Waals surface area contributed by atoms with Crippen molar-refractivity contribution in [1.29, 1.82) is 0 Å². The van der Waals surface area contributed by atoms with Crippen LogP contribution in [0.1, 0.15) is 38.5 Å². The van der Waals surface area contributed by atoms with E-state index in [9.17, 15) is 0 Å². The van der Waals surface area contributed by atoms with Crippen molar-refractivity contribution in [2.24, 2.45) is 5.73 Å². The molecule has 5 nitrogen and oxygen atoms in total. The van der Waals surface area contributed by atoms with Crippen molar-refractivity contribution in [2.45, 2.75) is 55.8 Å². The third-order valence-electron chi connectivity index (χ3n) is 5.04. The van der Waals surface area contributed by atoms with Crippen LogP contribution in [0.2, 0.25) is 0 Å². The molecule has 5 heteroatoms. The van der Waals surface area contributed by atoms with Crippen LogP contribution in [0.25, 0.3) is 0 Å². The lowest BCUT2D eigenvalue weighted by molar-refractivity contribution is -0.207. The van der Waals surface area contributed by atoms with Gasteiger partial charge in [-0.2, -0.15) is 0 Å². The highest BCUT2D eigenvalue weighted by Crippen LogP contribution is 2.38. The fraction of sp³-hybridized carbons (Fsp3) is 1.00. The summed E-state index contributed by atoms with van der Waals surface area (Å²) < 4.78 is 23.5. The largest absolute Gasteiger partial charge is 0.381 e. The van der Waals surface area contributed by atoms with Crippen molar-refractivity contribution in [3.63, 3.8) is 0 Å². The highest BCUT2D eigenvalue weighted by molar-refractivity contribution is 4.92. The molecule has 20 heavy (non-hydrogen) atoms. The van der Waals surface area contributed by atoms with Crippen LogP contribution in [0, 0.1) is 0 Å².